The number of amides is 1. The molecule has 0 bridgehead atoms. The van der Waals surface area contributed by atoms with Crippen molar-refractivity contribution in [2.45, 2.75) is 51.1 Å². The molecule has 5 heteroatoms. The fraction of sp³-hybridized carbons (Fsp3) is 0.692. The highest BCUT2D eigenvalue weighted by atomic mass is 16.2. The molecular formula is C13H22N4O. The minimum Gasteiger partial charge on any atom is -0.346 e. The Morgan fingerprint density at radius 2 is 2.28 bits per heavy atom. The summed E-state index contributed by atoms with van der Waals surface area (Å²) in [4.78, 5) is 12.2. The van der Waals surface area contributed by atoms with E-state index in [1.165, 1.54) is 6.42 Å². The van der Waals surface area contributed by atoms with Gasteiger partial charge in [0.05, 0.1) is 5.69 Å². The van der Waals surface area contributed by atoms with Gasteiger partial charge in [0.1, 0.15) is 5.69 Å². The normalized spacial score (nSPS) is 23.9. The van der Waals surface area contributed by atoms with Crippen LogP contribution in [0.2, 0.25) is 0 Å². The van der Waals surface area contributed by atoms with Crippen LogP contribution in [0.1, 0.15) is 48.8 Å². The molecule has 0 saturated heterocycles. The molecule has 18 heavy (non-hydrogen) atoms. The van der Waals surface area contributed by atoms with E-state index in [9.17, 15) is 4.79 Å². The first kappa shape index (κ1) is 13.1. The van der Waals surface area contributed by atoms with E-state index in [2.05, 4.69) is 10.4 Å². The van der Waals surface area contributed by atoms with Crippen molar-refractivity contribution in [2.75, 3.05) is 0 Å². The molecule has 0 aliphatic heterocycles. The van der Waals surface area contributed by atoms with Gasteiger partial charge in [0.25, 0.3) is 5.91 Å². The summed E-state index contributed by atoms with van der Waals surface area (Å²) in [5.74, 6) is -0.0629. The number of aromatic nitrogens is 2. The Kier molecular flexibility index (Phi) is 4.01. The summed E-state index contributed by atoms with van der Waals surface area (Å²) in [6.07, 6.45) is 5.12. The molecule has 0 aromatic carbocycles. The van der Waals surface area contributed by atoms with Crippen LogP contribution >= 0.6 is 0 Å². The van der Waals surface area contributed by atoms with Gasteiger partial charge in [0, 0.05) is 19.1 Å². The van der Waals surface area contributed by atoms with Crippen LogP contribution in [0.15, 0.2) is 6.07 Å². The Labute approximate surface area is 108 Å². The van der Waals surface area contributed by atoms with Gasteiger partial charge in [-0.1, -0.05) is 19.8 Å². The number of hydrogen-bond acceptors (Lipinski definition) is 3. The first-order valence-electron chi connectivity index (χ1n) is 6.71. The first-order valence-corrected chi connectivity index (χ1v) is 6.71. The van der Waals surface area contributed by atoms with Crippen molar-refractivity contribution in [3.8, 4) is 0 Å². The quantitative estimate of drug-likeness (QED) is 0.840. The van der Waals surface area contributed by atoms with Crippen LogP contribution in [0.3, 0.4) is 0 Å². The highest BCUT2D eigenvalue weighted by Crippen LogP contribution is 2.17. The van der Waals surface area contributed by atoms with E-state index < -0.39 is 0 Å². The lowest BCUT2D eigenvalue weighted by molar-refractivity contribution is 0.0911. The van der Waals surface area contributed by atoms with Crippen molar-refractivity contribution >= 4 is 5.91 Å². The Morgan fingerprint density at radius 1 is 1.56 bits per heavy atom. The summed E-state index contributed by atoms with van der Waals surface area (Å²) >= 11 is 0. The SMILES string of the molecule is CCc1cc(C(=O)NC2CCCCC2N)n(C)n1. The molecule has 3 N–H and O–H groups in total. The Bertz CT molecular complexity index is 427. The molecule has 5 nitrogen and oxygen atoms in total. The van der Waals surface area contributed by atoms with E-state index in [1.54, 1.807) is 11.7 Å². The van der Waals surface area contributed by atoms with Gasteiger partial charge in [-0.25, -0.2) is 0 Å². The van der Waals surface area contributed by atoms with Crippen LogP contribution in [0.5, 0.6) is 0 Å². The van der Waals surface area contributed by atoms with E-state index >= 15 is 0 Å². The van der Waals surface area contributed by atoms with Crippen LogP contribution in [-0.2, 0) is 13.5 Å². The maximum atomic E-state index is 12.2. The second kappa shape index (κ2) is 5.52. The van der Waals surface area contributed by atoms with Crippen molar-refractivity contribution in [3.05, 3.63) is 17.5 Å². The summed E-state index contributed by atoms with van der Waals surface area (Å²) in [5.41, 5.74) is 7.59. The van der Waals surface area contributed by atoms with Gasteiger partial charge in [-0.2, -0.15) is 5.10 Å². The maximum Gasteiger partial charge on any atom is 0.269 e. The van der Waals surface area contributed by atoms with Crippen molar-refractivity contribution in [1.29, 1.82) is 0 Å². The van der Waals surface area contributed by atoms with Crippen molar-refractivity contribution in [3.63, 3.8) is 0 Å². The molecule has 1 fully saturated rings. The standard InChI is InChI=1S/C13H22N4O/c1-3-9-8-12(17(2)16-9)13(18)15-11-7-5-4-6-10(11)14/h8,10-11H,3-7,14H2,1-2H3,(H,15,18). The maximum absolute atomic E-state index is 12.2. The van der Waals surface area contributed by atoms with Gasteiger partial charge < -0.3 is 11.1 Å². The van der Waals surface area contributed by atoms with Crippen molar-refractivity contribution in [1.82, 2.24) is 15.1 Å². The summed E-state index contributed by atoms with van der Waals surface area (Å²) in [5, 5.41) is 7.33. The predicted octanol–water partition coefficient (Wildman–Crippen LogP) is 0.982. The summed E-state index contributed by atoms with van der Waals surface area (Å²) in [6, 6.07) is 2.04. The van der Waals surface area contributed by atoms with Crippen LogP contribution < -0.4 is 11.1 Å². The molecule has 1 heterocycles. The minimum atomic E-state index is -0.0629. The van der Waals surface area contributed by atoms with Crippen LogP contribution in [-0.4, -0.2) is 27.8 Å². The molecule has 1 aliphatic rings. The van der Waals surface area contributed by atoms with Gasteiger partial charge in [-0.3, -0.25) is 9.48 Å². The second-order valence-electron chi connectivity index (χ2n) is 5.03. The predicted molar refractivity (Wildman–Crippen MR) is 70.3 cm³/mol. The largest absolute Gasteiger partial charge is 0.346 e. The van der Waals surface area contributed by atoms with Gasteiger partial charge in [-0.15, -0.1) is 0 Å². The molecule has 2 rings (SSSR count). The lowest BCUT2D eigenvalue weighted by Gasteiger charge is -2.29. The number of carbonyl (C=O) groups is 1. The summed E-state index contributed by atoms with van der Waals surface area (Å²) < 4.78 is 1.64. The van der Waals surface area contributed by atoms with Gasteiger partial charge in [-0.05, 0) is 25.3 Å². The molecule has 1 amide bonds. The number of nitrogens with two attached hydrogens (primary N) is 1. The molecule has 100 valence electrons. The van der Waals surface area contributed by atoms with Gasteiger partial charge >= 0.3 is 0 Å². The van der Waals surface area contributed by atoms with Crippen LogP contribution in [0.4, 0.5) is 0 Å². The molecule has 0 radical (unpaired) electrons. The zero-order valence-electron chi connectivity index (χ0n) is 11.1. The highest BCUT2D eigenvalue weighted by Gasteiger charge is 2.24. The zero-order chi connectivity index (χ0) is 13.1. The number of aryl methyl sites for hydroxylation is 2. The zero-order valence-corrected chi connectivity index (χ0v) is 11.1. The third kappa shape index (κ3) is 2.72. The number of rotatable bonds is 3. The molecule has 1 saturated carbocycles. The molecule has 2 atom stereocenters. The third-order valence-corrected chi connectivity index (χ3v) is 3.66. The van der Waals surface area contributed by atoms with Crippen molar-refractivity contribution < 1.29 is 4.79 Å². The number of nitrogens with one attached hydrogen (secondary N) is 1. The summed E-state index contributed by atoms with van der Waals surface area (Å²) in [7, 11) is 1.80. The fourth-order valence-electron chi connectivity index (χ4n) is 2.49. The molecule has 1 aromatic heterocycles. The smallest absolute Gasteiger partial charge is 0.269 e. The van der Waals surface area contributed by atoms with Gasteiger partial charge in [0.15, 0.2) is 0 Å². The molecule has 2 unspecified atom stereocenters. The minimum absolute atomic E-state index is 0.0629. The Morgan fingerprint density at radius 3 is 2.89 bits per heavy atom. The number of hydrogen-bond donors (Lipinski definition) is 2. The number of carbonyl (C=O) groups excluding carboxylic acids is 1. The topological polar surface area (TPSA) is 72.9 Å². The molecular weight excluding hydrogens is 228 g/mol. The van der Waals surface area contributed by atoms with E-state index in [0.717, 1.165) is 31.4 Å². The van der Waals surface area contributed by atoms with E-state index in [1.807, 2.05) is 13.0 Å². The lowest BCUT2D eigenvalue weighted by atomic mass is 9.91. The molecule has 0 spiro atoms. The fourth-order valence-corrected chi connectivity index (χ4v) is 2.49. The van der Waals surface area contributed by atoms with E-state index in [4.69, 9.17) is 5.73 Å². The van der Waals surface area contributed by atoms with Gasteiger partial charge in [0.2, 0.25) is 0 Å². The average Bonchev–Trinajstić information content (AvgIpc) is 2.73. The molecule has 1 aliphatic carbocycles. The third-order valence-electron chi connectivity index (χ3n) is 3.66. The van der Waals surface area contributed by atoms with Crippen LogP contribution in [0, 0.1) is 0 Å². The number of nitrogens with zero attached hydrogens (tertiary/aromatic N) is 2. The Hall–Kier alpha value is -1.36. The lowest BCUT2D eigenvalue weighted by Crippen LogP contribution is -2.49. The van der Waals surface area contributed by atoms with E-state index in [0.29, 0.717) is 5.69 Å². The van der Waals surface area contributed by atoms with Crippen LogP contribution in [0.25, 0.3) is 0 Å². The van der Waals surface area contributed by atoms with E-state index in [-0.39, 0.29) is 18.0 Å². The first-order chi connectivity index (χ1) is 8.61. The monoisotopic (exact) mass is 250 g/mol. The average molecular weight is 250 g/mol. The molecule has 1 aromatic rings. The highest BCUT2D eigenvalue weighted by molar-refractivity contribution is 5.92. The van der Waals surface area contributed by atoms with Crippen molar-refractivity contribution in [2.24, 2.45) is 12.8 Å². The second-order valence-corrected chi connectivity index (χ2v) is 5.03. The Balaban J connectivity index is 2.04. The summed E-state index contributed by atoms with van der Waals surface area (Å²) in [6.45, 7) is 2.03.